The first-order valence-electron chi connectivity index (χ1n) is 9.15. The van der Waals surface area contributed by atoms with E-state index in [2.05, 4.69) is 15.6 Å². The number of halogens is 1. The number of nitrogens with zero attached hydrogens (tertiary/aromatic N) is 2. The molecule has 0 spiro atoms. The number of urea groups is 1. The number of thiophene rings is 1. The van der Waals surface area contributed by atoms with Gasteiger partial charge in [-0.2, -0.15) is 0 Å². The van der Waals surface area contributed by atoms with Crippen LogP contribution in [-0.2, 0) is 10.0 Å². The van der Waals surface area contributed by atoms with Crippen LogP contribution < -0.4 is 20.9 Å². The van der Waals surface area contributed by atoms with Crippen LogP contribution in [0.25, 0.3) is 16.6 Å². The minimum atomic E-state index is -4.04. The molecule has 12 heteroatoms. The lowest BCUT2D eigenvalue weighted by Gasteiger charge is -2.10. The average Bonchev–Trinajstić information content (AvgIpc) is 3.21. The number of sulfonamides is 1. The molecule has 3 heterocycles. The molecular weight excluding hydrogens is 474 g/mol. The molecule has 3 N–H and O–H groups in total. The largest absolute Gasteiger partial charge is 0.388 e. The average molecular weight is 490 g/mol. The fraction of sp³-hybridized carbons (Fsp3) is 0.0500. The van der Waals surface area contributed by atoms with Gasteiger partial charge in [0, 0.05) is 24.3 Å². The van der Waals surface area contributed by atoms with Crippen molar-refractivity contribution in [3.63, 3.8) is 0 Å². The highest BCUT2D eigenvalue weighted by molar-refractivity contribution is 7.92. The number of rotatable bonds is 5. The van der Waals surface area contributed by atoms with Gasteiger partial charge in [0.15, 0.2) is 0 Å². The summed E-state index contributed by atoms with van der Waals surface area (Å²) in [5, 5.41) is 6.75. The van der Waals surface area contributed by atoms with E-state index in [0.29, 0.717) is 11.2 Å². The molecule has 2 amide bonds. The van der Waals surface area contributed by atoms with Crippen LogP contribution in [-0.4, -0.2) is 31.0 Å². The van der Waals surface area contributed by atoms with Crippen LogP contribution in [0.15, 0.2) is 69.9 Å². The molecule has 0 fully saturated rings. The third-order valence-corrected chi connectivity index (χ3v) is 7.54. The summed E-state index contributed by atoms with van der Waals surface area (Å²) in [6.07, 6.45) is 2.94. The summed E-state index contributed by atoms with van der Waals surface area (Å²) in [6, 6.07) is 12.1. The van der Waals surface area contributed by atoms with Gasteiger partial charge in [-0.15, -0.1) is 11.3 Å². The molecule has 4 aromatic rings. The second kappa shape index (κ2) is 8.61. The third kappa shape index (κ3) is 4.44. The van der Waals surface area contributed by atoms with E-state index in [0.717, 1.165) is 22.4 Å². The number of amides is 2. The predicted octanol–water partition coefficient (Wildman–Crippen LogP) is 3.65. The summed E-state index contributed by atoms with van der Waals surface area (Å²) in [5.74, 6) is 0.349. The molecule has 0 unspecified atom stereocenters. The number of hydrogen-bond donors (Lipinski definition) is 3. The van der Waals surface area contributed by atoms with Gasteiger partial charge >= 0.3 is 6.03 Å². The topological polar surface area (TPSA) is 122 Å². The highest BCUT2D eigenvalue weighted by atomic mass is 35.5. The number of aromatic nitrogens is 2. The zero-order valence-electron chi connectivity index (χ0n) is 16.5. The van der Waals surface area contributed by atoms with Crippen LogP contribution in [0.2, 0.25) is 4.34 Å². The summed E-state index contributed by atoms with van der Waals surface area (Å²) in [4.78, 5) is 29.1. The first-order chi connectivity index (χ1) is 15.3. The first kappa shape index (κ1) is 21.8. The SMILES string of the molecule is CNc1ccc2c(=O)n(-c3ccc(NC(=O)NS(=O)(=O)c4ccc(Cl)s4)cn3)ccc2c1. The normalized spacial score (nSPS) is 11.3. The molecule has 32 heavy (non-hydrogen) atoms. The summed E-state index contributed by atoms with van der Waals surface area (Å²) in [5.41, 5.74) is 0.903. The number of pyridine rings is 2. The van der Waals surface area contributed by atoms with Crippen LogP contribution in [0.1, 0.15) is 0 Å². The van der Waals surface area contributed by atoms with Gasteiger partial charge in [0.05, 0.1) is 16.2 Å². The van der Waals surface area contributed by atoms with Crippen molar-refractivity contribution in [2.75, 3.05) is 17.7 Å². The minimum absolute atomic E-state index is 0.0800. The Morgan fingerprint density at radius 3 is 2.53 bits per heavy atom. The predicted molar refractivity (Wildman–Crippen MR) is 126 cm³/mol. The van der Waals surface area contributed by atoms with Gasteiger partial charge < -0.3 is 10.6 Å². The Kier molecular flexibility index (Phi) is 5.87. The number of anilines is 2. The smallest absolute Gasteiger partial charge is 0.333 e. The van der Waals surface area contributed by atoms with Gasteiger partial charge in [-0.1, -0.05) is 11.6 Å². The Morgan fingerprint density at radius 2 is 1.88 bits per heavy atom. The number of benzene rings is 1. The Balaban J connectivity index is 1.51. The summed E-state index contributed by atoms with van der Waals surface area (Å²) in [7, 11) is -2.24. The van der Waals surface area contributed by atoms with Gasteiger partial charge in [-0.3, -0.25) is 9.36 Å². The van der Waals surface area contributed by atoms with Gasteiger partial charge in [0.2, 0.25) is 0 Å². The van der Waals surface area contributed by atoms with Crippen molar-refractivity contribution in [2.24, 2.45) is 0 Å². The van der Waals surface area contributed by atoms with Crippen LogP contribution >= 0.6 is 22.9 Å². The summed E-state index contributed by atoms with van der Waals surface area (Å²) < 4.78 is 27.9. The lowest BCUT2D eigenvalue weighted by atomic mass is 10.1. The molecule has 1 aromatic carbocycles. The van der Waals surface area contributed by atoms with E-state index >= 15 is 0 Å². The monoisotopic (exact) mass is 489 g/mol. The van der Waals surface area contributed by atoms with Crippen molar-refractivity contribution in [3.05, 3.63) is 75.6 Å². The fourth-order valence-corrected chi connectivity index (χ4v) is 5.35. The number of nitrogens with one attached hydrogen (secondary N) is 3. The van der Waals surface area contributed by atoms with Crippen molar-refractivity contribution < 1.29 is 13.2 Å². The maximum absolute atomic E-state index is 12.8. The molecule has 0 bridgehead atoms. The number of carbonyl (C=O) groups excluding carboxylic acids is 1. The molecule has 164 valence electrons. The Labute approximate surface area is 191 Å². The van der Waals surface area contributed by atoms with Gasteiger partial charge in [0.1, 0.15) is 10.0 Å². The summed E-state index contributed by atoms with van der Waals surface area (Å²) in [6.45, 7) is 0. The van der Waals surface area contributed by atoms with Crippen molar-refractivity contribution >= 4 is 61.1 Å². The molecule has 0 aliphatic rings. The summed E-state index contributed by atoms with van der Waals surface area (Å²) >= 11 is 6.58. The molecule has 0 aliphatic heterocycles. The molecule has 3 aromatic heterocycles. The number of fused-ring (bicyclic) bond motifs is 1. The molecule has 9 nitrogen and oxygen atoms in total. The molecular formula is C20H16ClN5O4S2. The van der Waals surface area contributed by atoms with Crippen molar-refractivity contribution in [3.8, 4) is 5.82 Å². The van der Waals surface area contributed by atoms with Crippen LogP contribution in [0, 0.1) is 0 Å². The maximum Gasteiger partial charge on any atom is 0.333 e. The Morgan fingerprint density at radius 1 is 1.09 bits per heavy atom. The van der Waals surface area contributed by atoms with Crippen LogP contribution in [0.3, 0.4) is 0 Å². The van der Waals surface area contributed by atoms with E-state index in [1.807, 2.05) is 16.9 Å². The zero-order chi connectivity index (χ0) is 22.9. The Hall–Kier alpha value is -3.41. The van der Waals surface area contributed by atoms with E-state index in [4.69, 9.17) is 11.6 Å². The zero-order valence-corrected chi connectivity index (χ0v) is 18.9. The standard InChI is InChI=1S/C20H16ClN5O4S2/c1-22-13-2-4-15-12(10-13)8-9-26(19(15)27)17-6-3-14(11-23-17)24-20(28)25-32(29,30)18-7-5-16(21)31-18/h2-11,22H,1H3,(H2,24,25,28). The van der Waals surface area contributed by atoms with E-state index in [-0.39, 0.29) is 19.8 Å². The number of hydrogen-bond acceptors (Lipinski definition) is 7. The highest BCUT2D eigenvalue weighted by Gasteiger charge is 2.20. The minimum Gasteiger partial charge on any atom is -0.388 e. The lowest BCUT2D eigenvalue weighted by molar-refractivity contribution is 0.256. The second-order valence-corrected chi connectivity index (χ2v) is 10.2. The second-order valence-electron chi connectivity index (χ2n) is 6.57. The molecule has 4 rings (SSSR count). The van der Waals surface area contributed by atoms with E-state index < -0.39 is 16.1 Å². The van der Waals surface area contributed by atoms with Crippen molar-refractivity contribution in [1.29, 1.82) is 0 Å². The Bertz CT molecular complexity index is 1480. The van der Waals surface area contributed by atoms with Crippen molar-refractivity contribution in [2.45, 2.75) is 4.21 Å². The van der Waals surface area contributed by atoms with E-state index in [1.54, 1.807) is 31.4 Å². The van der Waals surface area contributed by atoms with Gasteiger partial charge in [-0.25, -0.2) is 22.9 Å². The molecule has 0 atom stereocenters. The first-order valence-corrected chi connectivity index (χ1v) is 11.8. The van der Waals surface area contributed by atoms with Crippen LogP contribution in [0.4, 0.5) is 16.2 Å². The third-order valence-electron chi connectivity index (χ3n) is 4.49. The molecule has 0 saturated carbocycles. The molecule has 0 radical (unpaired) electrons. The van der Waals surface area contributed by atoms with Gasteiger partial charge in [-0.05, 0) is 53.9 Å². The molecule has 0 aliphatic carbocycles. The quantitative estimate of drug-likeness (QED) is 0.393. The van der Waals surface area contributed by atoms with Crippen molar-refractivity contribution in [1.82, 2.24) is 14.3 Å². The maximum atomic E-state index is 12.8. The lowest BCUT2D eigenvalue weighted by Crippen LogP contribution is -2.34. The van der Waals surface area contributed by atoms with Crippen LogP contribution in [0.5, 0.6) is 0 Å². The number of carbonyl (C=O) groups is 1. The van der Waals surface area contributed by atoms with E-state index in [9.17, 15) is 18.0 Å². The van der Waals surface area contributed by atoms with E-state index in [1.165, 1.54) is 29.0 Å². The fourth-order valence-electron chi connectivity index (χ4n) is 2.96. The molecule has 0 saturated heterocycles. The highest BCUT2D eigenvalue weighted by Crippen LogP contribution is 2.25. The van der Waals surface area contributed by atoms with Gasteiger partial charge in [0.25, 0.3) is 15.6 Å².